The highest BCUT2D eigenvalue weighted by Gasteiger charge is 2.59. The number of carbonyl (C=O) groups is 3. The Hall–Kier alpha value is -2.68. The van der Waals surface area contributed by atoms with Crippen LogP contribution in [0.15, 0.2) is 33.9 Å². The van der Waals surface area contributed by atoms with Gasteiger partial charge in [-0.1, -0.05) is 12.2 Å². The summed E-state index contributed by atoms with van der Waals surface area (Å²) in [6.45, 7) is 1.41. The number of benzene rings is 1. The van der Waals surface area contributed by atoms with Gasteiger partial charge >= 0.3 is 5.97 Å². The van der Waals surface area contributed by atoms with Crippen LogP contribution in [0.1, 0.15) is 18.9 Å². The van der Waals surface area contributed by atoms with Crippen LogP contribution < -0.4 is 9.47 Å². The van der Waals surface area contributed by atoms with Crippen LogP contribution in [0, 0.1) is 23.7 Å². The third-order valence-corrected chi connectivity index (χ3v) is 6.25. The molecule has 0 unspecified atom stereocenters. The van der Waals surface area contributed by atoms with Crippen molar-refractivity contribution in [3.8, 4) is 11.5 Å². The van der Waals surface area contributed by atoms with Gasteiger partial charge in [0.05, 0.1) is 29.6 Å². The number of allylic oxidation sites excluding steroid dienone is 2. The lowest BCUT2D eigenvalue weighted by molar-refractivity contribution is -0.144. The summed E-state index contributed by atoms with van der Waals surface area (Å²) in [5, 5.41) is 14.2. The first-order valence-corrected chi connectivity index (χ1v) is 9.98. The number of nitrogens with zero attached hydrogens (tertiary/aromatic N) is 2. The minimum absolute atomic E-state index is 0.128. The smallest absolute Gasteiger partial charge is 0.344 e. The molecule has 3 aliphatic rings. The molecular formula is C20H19BrN2O6. The number of carboxylic acids is 1. The van der Waals surface area contributed by atoms with E-state index < -0.39 is 12.1 Å². The van der Waals surface area contributed by atoms with E-state index in [2.05, 4.69) is 21.0 Å². The van der Waals surface area contributed by atoms with Crippen LogP contribution >= 0.6 is 15.9 Å². The fourth-order valence-corrected chi connectivity index (χ4v) is 4.83. The lowest BCUT2D eigenvalue weighted by atomic mass is 9.85. The minimum Gasteiger partial charge on any atom is -0.493 e. The minimum atomic E-state index is -1.11. The largest absolute Gasteiger partial charge is 0.493 e. The molecule has 9 heteroatoms. The number of imide groups is 1. The van der Waals surface area contributed by atoms with Crippen LogP contribution in [-0.2, 0) is 14.4 Å². The zero-order valence-corrected chi connectivity index (χ0v) is 17.3. The van der Waals surface area contributed by atoms with E-state index in [1.54, 1.807) is 12.1 Å². The number of hydrogen-bond donors (Lipinski definition) is 1. The lowest BCUT2D eigenvalue weighted by Crippen LogP contribution is -2.28. The lowest BCUT2D eigenvalue weighted by Gasteiger charge is -2.16. The van der Waals surface area contributed by atoms with Crippen LogP contribution in [0.25, 0.3) is 0 Å². The number of aliphatic carboxylic acids is 1. The van der Waals surface area contributed by atoms with E-state index in [0.717, 1.165) is 11.4 Å². The summed E-state index contributed by atoms with van der Waals surface area (Å²) in [6, 6.07) is 3.24. The molecule has 2 amide bonds. The van der Waals surface area contributed by atoms with Crippen molar-refractivity contribution in [2.45, 2.75) is 19.4 Å². The zero-order chi connectivity index (χ0) is 20.9. The molecule has 1 saturated heterocycles. The normalized spacial score (nSPS) is 28.3. The average molecular weight is 463 g/mol. The quantitative estimate of drug-likeness (QED) is 0.395. The van der Waals surface area contributed by atoms with Crippen LogP contribution in [0.5, 0.6) is 11.5 Å². The molecule has 1 heterocycles. The highest BCUT2D eigenvalue weighted by Crippen LogP contribution is 2.52. The number of carbonyl (C=O) groups excluding carboxylic acids is 2. The maximum Gasteiger partial charge on any atom is 0.344 e. The third-order valence-electron chi connectivity index (χ3n) is 5.66. The Balaban J connectivity index is 1.56. The van der Waals surface area contributed by atoms with Crippen LogP contribution in [-0.4, -0.2) is 47.3 Å². The Kier molecular flexibility index (Phi) is 4.94. The number of halogens is 1. The molecule has 8 nitrogen and oxygen atoms in total. The molecule has 2 fully saturated rings. The van der Waals surface area contributed by atoms with Crippen molar-refractivity contribution in [1.82, 2.24) is 5.01 Å². The molecule has 29 heavy (non-hydrogen) atoms. The highest BCUT2D eigenvalue weighted by atomic mass is 79.9. The Labute approximate surface area is 175 Å². The van der Waals surface area contributed by atoms with Crippen LogP contribution in [0.2, 0.25) is 0 Å². The highest BCUT2D eigenvalue weighted by molar-refractivity contribution is 9.10. The second-order valence-corrected chi connectivity index (χ2v) is 8.22. The molecule has 1 aliphatic heterocycles. The monoisotopic (exact) mass is 462 g/mol. The van der Waals surface area contributed by atoms with Gasteiger partial charge in [-0.05, 0) is 58.8 Å². The second kappa shape index (κ2) is 7.29. The molecule has 1 saturated carbocycles. The van der Waals surface area contributed by atoms with E-state index in [1.165, 1.54) is 20.2 Å². The van der Waals surface area contributed by atoms with Crippen molar-refractivity contribution in [2.75, 3.05) is 7.11 Å². The van der Waals surface area contributed by atoms with Gasteiger partial charge in [-0.15, -0.1) is 0 Å². The fraction of sp³-hybridized carbons (Fsp3) is 0.400. The molecule has 0 aromatic heterocycles. The van der Waals surface area contributed by atoms with E-state index in [1.807, 2.05) is 12.2 Å². The average Bonchev–Trinajstić information content (AvgIpc) is 3.36. The standard InChI is InChI=1S/C20H19BrN2O6/c1-9(20(26)27)29-17-13(21)5-10(6-14(17)28-2)8-22-23-18(24)15-11-3-4-12(7-11)16(15)19(23)25/h3-6,8-9,11-12,15-16H,7H2,1-2H3,(H,26,27)/t9-,11+,12+,15-,16+/m1/s1. The number of rotatable bonds is 6. The van der Waals surface area contributed by atoms with Gasteiger partial charge in [0.15, 0.2) is 17.6 Å². The van der Waals surface area contributed by atoms with Crippen molar-refractivity contribution >= 4 is 39.9 Å². The van der Waals surface area contributed by atoms with Gasteiger partial charge in [0.1, 0.15) is 0 Å². The summed E-state index contributed by atoms with van der Waals surface area (Å²) < 4.78 is 11.2. The maximum atomic E-state index is 12.7. The Morgan fingerprint density at radius 3 is 2.45 bits per heavy atom. The fourth-order valence-electron chi connectivity index (χ4n) is 4.28. The van der Waals surface area contributed by atoms with Gasteiger partial charge in [0.25, 0.3) is 11.8 Å². The van der Waals surface area contributed by atoms with Gasteiger partial charge in [0, 0.05) is 0 Å². The summed E-state index contributed by atoms with van der Waals surface area (Å²) in [5.41, 5.74) is 0.558. The van der Waals surface area contributed by atoms with Gasteiger partial charge in [-0.3, -0.25) is 9.59 Å². The van der Waals surface area contributed by atoms with Gasteiger partial charge in [-0.25, -0.2) is 4.79 Å². The van der Waals surface area contributed by atoms with E-state index in [9.17, 15) is 14.4 Å². The Morgan fingerprint density at radius 1 is 1.28 bits per heavy atom. The zero-order valence-electron chi connectivity index (χ0n) is 15.7. The summed E-state index contributed by atoms with van der Waals surface area (Å²) in [6.07, 6.45) is 5.27. The predicted octanol–water partition coefficient (Wildman–Crippen LogP) is 2.45. The molecular weight excluding hydrogens is 444 g/mol. The first-order chi connectivity index (χ1) is 13.8. The van der Waals surface area contributed by atoms with Crippen molar-refractivity contribution in [3.05, 3.63) is 34.3 Å². The number of carboxylic acid groups (broad SMARTS) is 1. The van der Waals surface area contributed by atoms with Crippen molar-refractivity contribution in [2.24, 2.45) is 28.8 Å². The molecule has 152 valence electrons. The molecule has 1 aromatic rings. The molecule has 1 N–H and O–H groups in total. The number of amides is 2. The summed E-state index contributed by atoms with van der Waals surface area (Å²) in [5.74, 6) is -1.42. The Morgan fingerprint density at radius 2 is 1.90 bits per heavy atom. The number of fused-ring (bicyclic) bond motifs is 5. The number of ether oxygens (including phenoxy) is 2. The predicted molar refractivity (Wildman–Crippen MR) is 106 cm³/mol. The summed E-state index contributed by atoms with van der Waals surface area (Å²) in [7, 11) is 1.43. The topological polar surface area (TPSA) is 106 Å². The first kappa shape index (κ1) is 19.6. The first-order valence-electron chi connectivity index (χ1n) is 9.19. The summed E-state index contributed by atoms with van der Waals surface area (Å²) in [4.78, 5) is 36.4. The van der Waals surface area contributed by atoms with E-state index >= 15 is 0 Å². The molecule has 1 aromatic carbocycles. The van der Waals surface area contributed by atoms with E-state index in [-0.39, 0.29) is 41.2 Å². The molecule has 2 bridgehead atoms. The molecule has 2 aliphatic carbocycles. The second-order valence-electron chi connectivity index (χ2n) is 7.37. The van der Waals surface area contributed by atoms with Crippen molar-refractivity contribution in [3.63, 3.8) is 0 Å². The SMILES string of the molecule is COc1cc(C=NN2C(=O)[C@@H]3[C@H](C2=O)[C@H]2C=C[C@H]3C2)cc(Br)c1O[C@H](C)C(=O)O. The van der Waals surface area contributed by atoms with Gasteiger partial charge < -0.3 is 14.6 Å². The van der Waals surface area contributed by atoms with Crippen LogP contribution in [0.3, 0.4) is 0 Å². The number of methoxy groups -OCH3 is 1. The van der Waals surface area contributed by atoms with Gasteiger partial charge in [0.2, 0.25) is 0 Å². The maximum absolute atomic E-state index is 12.7. The van der Waals surface area contributed by atoms with Gasteiger partial charge in [-0.2, -0.15) is 10.1 Å². The number of hydrogen-bond acceptors (Lipinski definition) is 6. The number of hydrazone groups is 1. The van der Waals surface area contributed by atoms with Crippen LogP contribution in [0.4, 0.5) is 0 Å². The molecule has 0 radical (unpaired) electrons. The van der Waals surface area contributed by atoms with E-state index in [0.29, 0.717) is 15.8 Å². The van der Waals surface area contributed by atoms with E-state index in [4.69, 9.17) is 14.6 Å². The molecule has 5 atom stereocenters. The van der Waals surface area contributed by atoms with Crippen molar-refractivity contribution < 1.29 is 29.0 Å². The molecule has 4 rings (SSSR count). The molecule has 0 spiro atoms. The third kappa shape index (κ3) is 3.23. The Bertz CT molecular complexity index is 929. The summed E-state index contributed by atoms with van der Waals surface area (Å²) >= 11 is 3.34. The van der Waals surface area contributed by atoms with Crippen molar-refractivity contribution in [1.29, 1.82) is 0 Å².